The minimum atomic E-state index is 0.727. The first-order valence-corrected chi connectivity index (χ1v) is 3.33. The number of hydrogen-bond acceptors (Lipinski definition) is 1. The molecule has 0 aromatic carbocycles. The van der Waals surface area contributed by atoms with Crippen LogP contribution in [0.25, 0.3) is 0 Å². The molecule has 1 atom stereocenters. The van der Waals surface area contributed by atoms with E-state index in [1.165, 1.54) is 12.8 Å². The summed E-state index contributed by atoms with van der Waals surface area (Å²) in [6.45, 7) is 5.17. The van der Waals surface area contributed by atoms with Gasteiger partial charge in [-0.15, -0.1) is 0 Å². The van der Waals surface area contributed by atoms with Gasteiger partial charge in [-0.3, -0.25) is 0 Å². The fraction of sp³-hybridized carbons (Fsp3) is 0.857. The molecule has 0 rings (SSSR count). The molecule has 0 fully saturated rings. The van der Waals surface area contributed by atoms with Crippen molar-refractivity contribution in [3.05, 3.63) is 6.42 Å². The molecule has 0 bridgehead atoms. The molecule has 0 saturated heterocycles. The Kier molecular flexibility index (Phi) is 5.08. The van der Waals surface area contributed by atoms with Gasteiger partial charge >= 0.3 is 0 Å². The SMILES string of the molecule is CCC(C)C[CH]CN. The first-order chi connectivity index (χ1) is 3.81. The summed E-state index contributed by atoms with van der Waals surface area (Å²) in [5, 5.41) is 0. The van der Waals surface area contributed by atoms with Crippen molar-refractivity contribution >= 4 is 0 Å². The molecule has 1 heteroatoms. The lowest BCUT2D eigenvalue weighted by Crippen LogP contribution is -2.02. The van der Waals surface area contributed by atoms with E-state index in [1.54, 1.807) is 0 Å². The van der Waals surface area contributed by atoms with Crippen LogP contribution < -0.4 is 5.73 Å². The summed E-state index contributed by atoms with van der Waals surface area (Å²) >= 11 is 0. The Morgan fingerprint density at radius 1 is 1.62 bits per heavy atom. The number of nitrogens with two attached hydrogens (primary N) is 1. The van der Waals surface area contributed by atoms with E-state index in [1.807, 2.05) is 0 Å². The number of hydrogen-bond donors (Lipinski definition) is 1. The van der Waals surface area contributed by atoms with Crippen molar-refractivity contribution in [2.75, 3.05) is 6.54 Å². The first kappa shape index (κ1) is 7.96. The summed E-state index contributed by atoms with van der Waals surface area (Å²) in [6, 6.07) is 0. The maximum absolute atomic E-state index is 5.28. The van der Waals surface area contributed by atoms with Crippen LogP contribution in [0.4, 0.5) is 0 Å². The van der Waals surface area contributed by atoms with Gasteiger partial charge in [0.25, 0.3) is 0 Å². The lowest BCUT2D eigenvalue weighted by Gasteiger charge is -2.04. The van der Waals surface area contributed by atoms with E-state index >= 15 is 0 Å². The molecule has 0 saturated carbocycles. The molecule has 2 N–H and O–H groups in total. The Labute approximate surface area is 52.3 Å². The third-order valence-electron chi connectivity index (χ3n) is 1.43. The zero-order valence-electron chi connectivity index (χ0n) is 5.85. The summed E-state index contributed by atoms with van der Waals surface area (Å²) in [5.74, 6) is 0.818. The Bertz CT molecular complexity index is 43.7. The van der Waals surface area contributed by atoms with Gasteiger partial charge in [0, 0.05) is 0 Å². The van der Waals surface area contributed by atoms with Crippen molar-refractivity contribution in [2.24, 2.45) is 11.7 Å². The molecule has 0 aliphatic carbocycles. The van der Waals surface area contributed by atoms with Gasteiger partial charge in [0.05, 0.1) is 0 Å². The Hall–Kier alpha value is -0.0400. The molecule has 0 aromatic heterocycles. The van der Waals surface area contributed by atoms with E-state index in [2.05, 4.69) is 20.3 Å². The van der Waals surface area contributed by atoms with Crippen molar-refractivity contribution in [3.63, 3.8) is 0 Å². The first-order valence-electron chi connectivity index (χ1n) is 3.33. The molecule has 0 amide bonds. The smallest absolute Gasteiger partial charge is 0.00456 e. The van der Waals surface area contributed by atoms with E-state index in [0.717, 1.165) is 12.5 Å². The molecule has 1 radical (unpaired) electrons. The summed E-state index contributed by atoms with van der Waals surface area (Å²) in [4.78, 5) is 0. The zero-order chi connectivity index (χ0) is 6.41. The second-order valence-electron chi connectivity index (χ2n) is 2.27. The molecular weight excluding hydrogens is 98.1 g/mol. The summed E-state index contributed by atoms with van der Waals surface area (Å²) in [5.41, 5.74) is 5.28. The van der Waals surface area contributed by atoms with E-state index in [9.17, 15) is 0 Å². The average Bonchev–Trinajstić information content (AvgIpc) is 1.83. The largest absolute Gasteiger partial charge is 0.330 e. The molecule has 1 unspecified atom stereocenters. The van der Waals surface area contributed by atoms with Crippen LogP contribution in [0.2, 0.25) is 0 Å². The summed E-state index contributed by atoms with van der Waals surface area (Å²) in [7, 11) is 0. The van der Waals surface area contributed by atoms with Crippen molar-refractivity contribution in [1.29, 1.82) is 0 Å². The molecule has 0 heterocycles. The minimum absolute atomic E-state index is 0.727. The van der Waals surface area contributed by atoms with Crippen LogP contribution in [-0.4, -0.2) is 6.54 Å². The van der Waals surface area contributed by atoms with Gasteiger partial charge in [-0.1, -0.05) is 20.3 Å². The van der Waals surface area contributed by atoms with Crippen LogP contribution >= 0.6 is 0 Å². The van der Waals surface area contributed by atoms with Crippen LogP contribution in [0.3, 0.4) is 0 Å². The van der Waals surface area contributed by atoms with Crippen LogP contribution in [0.5, 0.6) is 0 Å². The molecule has 0 aliphatic heterocycles. The van der Waals surface area contributed by atoms with E-state index in [-0.39, 0.29) is 0 Å². The van der Waals surface area contributed by atoms with E-state index in [4.69, 9.17) is 5.73 Å². The predicted molar refractivity (Wildman–Crippen MR) is 37.4 cm³/mol. The van der Waals surface area contributed by atoms with Gasteiger partial charge in [0.2, 0.25) is 0 Å². The molecule has 1 nitrogen and oxygen atoms in total. The highest BCUT2D eigenvalue weighted by Crippen LogP contribution is 2.06. The lowest BCUT2D eigenvalue weighted by molar-refractivity contribution is 0.550. The van der Waals surface area contributed by atoms with Gasteiger partial charge in [-0.05, 0) is 25.3 Å². The Morgan fingerprint density at radius 3 is 2.62 bits per heavy atom. The Morgan fingerprint density at radius 2 is 2.25 bits per heavy atom. The topological polar surface area (TPSA) is 26.0 Å². The van der Waals surface area contributed by atoms with E-state index < -0.39 is 0 Å². The lowest BCUT2D eigenvalue weighted by atomic mass is 10.0. The van der Waals surface area contributed by atoms with Crippen molar-refractivity contribution in [1.82, 2.24) is 0 Å². The highest BCUT2D eigenvalue weighted by Gasteiger charge is 1.95. The highest BCUT2D eigenvalue weighted by molar-refractivity contribution is 4.67. The fourth-order valence-electron chi connectivity index (χ4n) is 0.547. The third kappa shape index (κ3) is 4.13. The van der Waals surface area contributed by atoms with Gasteiger partial charge < -0.3 is 5.73 Å². The minimum Gasteiger partial charge on any atom is -0.330 e. The monoisotopic (exact) mass is 114 g/mol. The molecule has 0 aliphatic rings. The van der Waals surface area contributed by atoms with Crippen LogP contribution in [0, 0.1) is 12.3 Å². The van der Waals surface area contributed by atoms with Crippen LogP contribution in [-0.2, 0) is 0 Å². The van der Waals surface area contributed by atoms with Crippen LogP contribution in [0.15, 0.2) is 0 Å². The van der Waals surface area contributed by atoms with Gasteiger partial charge in [-0.2, -0.15) is 0 Å². The summed E-state index contributed by atoms with van der Waals surface area (Å²) < 4.78 is 0. The van der Waals surface area contributed by atoms with Gasteiger partial charge in [0.1, 0.15) is 0 Å². The second kappa shape index (κ2) is 5.10. The van der Waals surface area contributed by atoms with Crippen LogP contribution in [0.1, 0.15) is 26.7 Å². The highest BCUT2D eigenvalue weighted by atomic mass is 14.5. The zero-order valence-corrected chi connectivity index (χ0v) is 5.85. The molecule has 8 heavy (non-hydrogen) atoms. The molecule has 0 aromatic rings. The second-order valence-corrected chi connectivity index (χ2v) is 2.27. The van der Waals surface area contributed by atoms with Crippen molar-refractivity contribution in [2.45, 2.75) is 26.7 Å². The summed E-state index contributed by atoms with van der Waals surface area (Å²) in [6.07, 6.45) is 4.57. The van der Waals surface area contributed by atoms with E-state index in [0.29, 0.717) is 0 Å². The standard InChI is InChI=1S/C7H16N/c1-3-7(2)5-4-6-8/h4,7H,3,5-6,8H2,1-2H3. The average molecular weight is 114 g/mol. The van der Waals surface area contributed by atoms with Crippen molar-refractivity contribution < 1.29 is 0 Å². The predicted octanol–water partition coefficient (Wildman–Crippen LogP) is 1.59. The Balaban J connectivity index is 2.86. The maximum Gasteiger partial charge on any atom is -0.00456 e. The quantitative estimate of drug-likeness (QED) is 0.590. The molecular formula is C7H16N. The normalized spacial score (nSPS) is 13.9. The third-order valence-corrected chi connectivity index (χ3v) is 1.43. The van der Waals surface area contributed by atoms with Gasteiger partial charge in [-0.25, -0.2) is 0 Å². The van der Waals surface area contributed by atoms with Crippen molar-refractivity contribution in [3.8, 4) is 0 Å². The maximum atomic E-state index is 5.28. The molecule has 0 spiro atoms. The van der Waals surface area contributed by atoms with Gasteiger partial charge in [0.15, 0.2) is 0 Å². The number of rotatable bonds is 4. The fourth-order valence-corrected chi connectivity index (χ4v) is 0.547. The molecule has 49 valence electrons.